The van der Waals surface area contributed by atoms with Gasteiger partial charge < -0.3 is 9.64 Å². The van der Waals surface area contributed by atoms with E-state index in [0.717, 1.165) is 19.4 Å². The summed E-state index contributed by atoms with van der Waals surface area (Å²) in [5.74, 6) is 0.329. The summed E-state index contributed by atoms with van der Waals surface area (Å²) in [5.41, 5.74) is 1.31. The molecule has 0 N–H and O–H groups in total. The number of rotatable bonds is 2. The summed E-state index contributed by atoms with van der Waals surface area (Å²) in [6, 6.07) is 3.27. The molecule has 1 atom stereocenters. The average molecular weight is 293 g/mol. The van der Waals surface area contributed by atoms with Gasteiger partial charge in [-0.25, -0.2) is 9.78 Å². The van der Waals surface area contributed by atoms with E-state index in [1.807, 2.05) is 11.0 Å². The van der Waals surface area contributed by atoms with Gasteiger partial charge in [0.1, 0.15) is 11.6 Å². The van der Waals surface area contributed by atoms with Gasteiger partial charge in [-0.3, -0.25) is 4.98 Å². The quantitative estimate of drug-likeness (QED) is 0.621. The maximum absolute atomic E-state index is 11.9. The van der Waals surface area contributed by atoms with Crippen LogP contribution in [0.3, 0.4) is 0 Å². The molecule has 7 heteroatoms. The SMILES string of the molecule is COC(=O)C1CCCN1c1nc(Cl)nc2cccnc12. The second kappa shape index (κ2) is 5.20. The molecule has 104 valence electrons. The van der Waals surface area contributed by atoms with Gasteiger partial charge in [0.15, 0.2) is 5.82 Å². The maximum atomic E-state index is 11.9. The van der Waals surface area contributed by atoms with Crippen molar-refractivity contribution in [3.05, 3.63) is 23.6 Å². The molecule has 0 bridgehead atoms. The number of pyridine rings is 1. The van der Waals surface area contributed by atoms with Crippen molar-refractivity contribution >= 4 is 34.4 Å². The molecule has 1 aliphatic heterocycles. The standard InChI is InChI=1S/C13H13ClN4O2/c1-20-12(19)9-5-3-7-18(9)11-10-8(4-2-6-15-10)16-13(14)17-11/h2,4,6,9H,3,5,7H2,1H3. The van der Waals surface area contributed by atoms with E-state index in [4.69, 9.17) is 16.3 Å². The Morgan fingerprint density at radius 1 is 1.50 bits per heavy atom. The lowest BCUT2D eigenvalue weighted by atomic mass is 10.2. The van der Waals surface area contributed by atoms with Crippen molar-refractivity contribution in [1.82, 2.24) is 15.0 Å². The van der Waals surface area contributed by atoms with Crippen LogP contribution in [-0.2, 0) is 9.53 Å². The number of fused-ring (bicyclic) bond motifs is 1. The van der Waals surface area contributed by atoms with Gasteiger partial charge in [-0.15, -0.1) is 0 Å². The summed E-state index contributed by atoms with van der Waals surface area (Å²) in [4.78, 5) is 26.5. The number of aromatic nitrogens is 3. The number of ether oxygens (including phenoxy) is 1. The van der Waals surface area contributed by atoms with Crippen molar-refractivity contribution in [2.24, 2.45) is 0 Å². The molecule has 0 saturated carbocycles. The fourth-order valence-corrected chi connectivity index (χ4v) is 2.70. The van der Waals surface area contributed by atoms with E-state index < -0.39 is 0 Å². The van der Waals surface area contributed by atoms with Crippen LogP contribution in [0.4, 0.5) is 5.82 Å². The first-order valence-corrected chi connectivity index (χ1v) is 6.71. The summed E-state index contributed by atoms with van der Waals surface area (Å²) in [5, 5.41) is 0.149. The summed E-state index contributed by atoms with van der Waals surface area (Å²) < 4.78 is 4.85. The summed E-state index contributed by atoms with van der Waals surface area (Å²) in [6.45, 7) is 0.721. The zero-order valence-corrected chi connectivity index (χ0v) is 11.7. The second-order valence-electron chi connectivity index (χ2n) is 4.56. The molecule has 1 aliphatic rings. The number of carbonyl (C=O) groups excluding carboxylic acids is 1. The Balaban J connectivity index is 2.11. The third-order valence-electron chi connectivity index (χ3n) is 3.41. The summed E-state index contributed by atoms with van der Waals surface area (Å²) in [7, 11) is 1.39. The summed E-state index contributed by atoms with van der Waals surface area (Å²) >= 11 is 5.97. The number of hydrogen-bond acceptors (Lipinski definition) is 6. The Kier molecular flexibility index (Phi) is 3.40. The molecular weight excluding hydrogens is 280 g/mol. The minimum Gasteiger partial charge on any atom is -0.467 e. The van der Waals surface area contributed by atoms with Crippen LogP contribution in [0.15, 0.2) is 18.3 Å². The van der Waals surface area contributed by atoms with Crippen LogP contribution in [0.5, 0.6) is 0 Å². The largest absolute Gasteiger partial charge is 0.467 e. The predicted octanol–water partition coefficient (Wildman–Crippen LogP) is 1.82. The molecule has 1 fully saturated rings. The van der Waals surface area contributed by atoms with Crippen molar-refractivity contribution < 1.29 is 9.53 Å². The number of nitrogens with zero attached hydrogens (tertiary/aromatic N) is 4. The summed E-state index contributed by atoms with van der Waals surface area (Å²) in [6.07, 6.45) is 3.31. The molecule has 2 aromatic rings. The first-order valence-electron chi connectivity index (χ1n) is 6.33. The Hall–Kier alpha value is -1.95. The van der Waals surface area contributed by atoms with E-state index in [9.17, 15) is 4.79 Å². The van der Waals surface area contributed by atoms with Crippen LogP contribution < -0.4 is 4.90 Å². The highest BCUT2D eigenvalue weighted by molar-refractivity contribution is 6.28. The van der Waals surface area contributed by atoms with Crippen molar-refractivity contribution in [3.8, 4) is 0 Å². The van der Waals surface area contributed by atoms with E-state index in [1.54, 1.807) is 12.3 Å². The molecule has 6 nitrogen and oxygen atoms in total. The lowest BCUT2D eigenvalue weighted by molar-refractivity contribution is -0.141. The van der Waals surface area contributed by atoms with Crippen LogP contribution in [0, 0.1) is 0 Å². The smallest absolute Gasteiger partial charge is 0.328 e. The van der Waals surface area contributed by atoms with Gasteiger partial charge in [-0.2, -0.15) is 4.98 Å². The molecule has 20 heavy (non-hydrogen) atoms. The lowest BCUT2D eigenvalue weighted by Crippen LogP contribution is -2.37. The monoisotopic (exact) mass is 292 g/mol. The minimum absolute atomic E-state index is 0.149. The van der Waals surface area contributed by atoms with Crippen LogP contribution in [0.1, 0.15) is 12.8 Å². The van der Waals surface area contributed by atoms with Crippen LogP contribution in [-0.4, -0.2) is 40.6 Å². The van der Waals surface area contributed by atoms with Crippen molar-refractivity contribution in [3.63, 3.8) is 0 Å². The fraction of sp³-hybridized carbons (Fsp3) is 0.385. The molecule has 0 radical (unpaired) electrons. The zero-order valence-electron chi connectivity index (χ0n) is 10.9. The number of methoxy groups -OCH3 is 1. The van der Waals surface area contributed by atoms with Crippen LogP contribution >= 0.6 is 11.6 Å². The molecule has 2 aromatic heterocycles. The maximum Gasteiger partial charge on any atom is 0.328 e. The lowest BCUT2D eigenvalue weighted by Gasteiger charge is -2.24. The highest BCUT2D eigenvalue weighted by Gasteiger charge is 2.34. The highest BCUT2D eigenvalue weighted by atomic mass is 35.5. The first kappa shape index (κ1) is 13.1. The Bertz CT molecular complexity index is 664. The minimum atomic E-state index is -0.337. The van der Waals surface area contributed by atoms with E-state index in [0.29, 0.717) is 16.9 Å². The molecule has 3 rings (SSSR count). The average Bonchev–Trinajstić information content (AvgIpc) is 2.94. The van der Waals surface area contributed by atoms with E-state index in [-0.39, 0.29) is 17.3 Å². The van der Waals surface area contributed by atoms with Gasteiger partial charge >= 0.3 is 5.97 Å². The molecule has 3 heterocycles. The third kappa shape index (κ3) is 2.16. The van der Waals surface area contributed by atoms with Crippen molar-refractivity contribution in [2.45, 2.75) is 18.9 Å². The number of esters is 1. The van der Waals surface area contributed by atoms with Gasteiger partial charge in [0.05, 0.1) is 12.6 Å². The van der Waals surface area contributed by atoms with Crippen LogP contribution in [0.2, 0.25) is 5.28 Å². The molecule has 1 saturated heterocycles. The van der Waals surface area contributed by atoms with Gasteiger partial charge in [0.2, 0.25) is 5.28 Å². The third-order valence-corrected chi connectivity index (χ3v) is 3.58. The van der Waals surface area contributed by atoms with Gasteiger partial charge in [-0.1, -0.05) is 0 Å². The molecule has 0 amide bonds. The van der Waals surface area contributed by atoms with Gasteiger partial charge in [-0.05, 0) is 36.6 Å². The van der Waals surface area contributed by atoms with Gasteiger partial charge in [0, 0.05) is 12.7 Å². The topological polar surface area (TPSA) is 68.2 Å². The van der Waals surface area contributed by atoms with Crippen molar-refractivity contribution in [2.75, 3.05) is 18.6 Å². The molecule has 1 unspecified atom stereocenters. The Morgan fingerprint density at radius 3 is 3.15 bits per heavy atom. The Labute approximate surface area is 120 Å². The first-order chi connectivity index (χ1) is 9.70. The van der Waals surface area contributed by atoms with E-state index >= 15 is 0 Å². The molecule has 0 spiro atoms. The number of carbonyl (C=O) groups is 1. The van der Waals surface area contributed by atoms with E-state index in [2.05, 4.69) is 15.0 Å². The second-order valence-corrected chi connectivity index (χ2v) is 4.90. The van der Waals surface area contributed by atoms with Crippen LogP contribution in [0.25, 0.3) is 11.0 Å². The normalized spacial score (nSPS) is 18.5. The number of hydrogen-bond donors (Lipinski definition) is 0. The number of halogens is 1. The zero-order chi connectivity index (χ0) is 14.1. The molecule has 0 aromatic carbocycles. The fourth-order valence-electron chi connectivity index (χ4n) is 2.53. The predicted molar refractivity (Wildman–Crippen MR) is 74.7 cm³/mol. The molecule has 0 aliphatic carbocycles. The van der Waals surface area contributed by atoms with E-state index in [1.165, 1.54) is 7.11 Å². The number of anilines is 1. The Morgan fingerprint density at radius 2 is 2.35 bits per heavy atom. The van der Waals surface area contributed by atoms with Crippen molar-refractivity contribution in [1.29, 1.82) is 0 Å². The molecular formula is C13H13ClN4O2. The highest BCUT2D eigenvalue weighted by Crippen LogP contribution is 2.30. The van der Waals surface area contributed by atoms with Gasteiger partial charge in [0.25, 0.3) is 0 Å².